The van der Waals surface area contributed by atoms with E-state index in [9.17, 15) is 13.2 Å². The molecule has 2 heterocycles. The Morgan fingerprint density at radius 2 is 1.88 bits per heavy atom. The average molecular weight is 365 g/mol. The summed E-state index contributed by atoms with van der Waals surface area (Å²) in [5.74, 6) is 0.131. The van der Waals surface area contributed by atoms with Crippen molar-refractivity contribution in [1.29, 1.82) is 0 Å². The third kappa shape index (κ3) is 4.04. The van der Waals surface area contributed by atoms with Gasteiger partial charge >= 0.3 is 0 Å². The molecule has 1 saturated heterocycles. The normalized spacial score (nSPS) is 23.5. The van der Waals surface area contributed by atoms with E-state index in [-0.39, 0.29) is 24.0 Å². The first-order valence-electron chi connectivity index (χ1n) is 8.88. The summed E-state index contributed by atoms with van der Waals surface area (Å²) in [6, 6.07) is 8.05. The van der Waals surface area contributed by atoms with Gasteiger partial charge in [0.1, 0.15) is 0 Å². The van der Waals surface area contributed by atoms with Crippen LogP contribution in [0.2, 0.25) is 0 Å². The number of sulfonamides is 1. The highest BCUT2D eigenvalue weighted by atomic mass is 32.2. The molecule has 3 rings (SSSR count). The van der Waals surface area contributed by atoms with Gasteiger partial charge in [0.25, 0.3) is 0 Å². The van der Waals surface area contributed by atoms with Crippen LogP contribution in [0.4, 0.5) is 5.69 Å². The third-order valence-corrected chi connectivity index (χ3v) is 6.02. The molecule has 2 aliphatic heterocycles. The molecule has 0 aromatic heterocycles. The fourth-order valence-electron chi connectivity index (χ4n) is 3.97. The van der Waals surface area contributed by atoms with Crippen LogP contribution in [-0.2, 0) is 21.2 Å². The lowest BCUT2D eigenvalue weighted by atomic mass is 10.0. The molecule has 1 amide bonds. The van der Waals surface area contributed by atoms with E-state index in [0.717, 1.165) is 38.0 Å². The van der Waals surface area contributed by atoms with Crippen molar-refractivity contribution in [2.24, 2.45) is 0 Å². The zero-order valence-electron chi connectivity index (χ0n) is 15.1. The first kappa shape index (κ1) is 18.4. The minimum atomic E-state index is -3.18. The van der Waals surface area contributed by atoms with E-state index in [1.807, 2.05) is 30.0 Å². The highest BCUT2D eigenvalue weighted by molar-refractivity contribution is 7.88. The molecule has 6 nitrogen and oxygen atoms in total. The molecule has 0 spiro atoms. The van der Waals surface area contributed by atoms with Crippen molar-refractivity contribution < 1.29 is 13.2 Å². The van der Waals surface area contributed by atoms with Crippen molar-refractivity contribution >= 4 is 21.6 Å². The molecule has 0 aliphatic carbocycles. The summed E-state index contributed by atoms with van der Waals surface area (Å²) in [6.07, 6.45) is 3.56. The summed E-state index contributed by atoms with van der Waals surface area (Å²) in [7, 11) is -3.18. The Hall–Kier alpha value is -1.44. The van der Waals surface area contributed by atoms with Gasteiger partial charge in [-0.25, -0.2) is 13.1 Å². The summed E-state index contributed by atoms with van der Waals surface area (Å²) in [5.41, 5.74) is 2.26. The molecule has 138 valence electrons. The van der Waals surface area contributed by atoms with Crippen molar-refractivity contribution in [3.8, 4) is 0 Å². The molecule has 1 fully saturated rings. The summed E-state index contributed by atoms with van der Waals surface area (Å²) < 4.78 is 25.4. The molecule has 0 saturated carbocycles. The van der Waals surface area contributed by atoms with Crippen LogP contribution in [0.5, 0.6) is 0 Å². The number of nitrogens with one attached hydrogen (secondary N) is 1. The summed E-state index contributed by atoms with van der Waals surface area (Å²) in [6.45, 7) is 5.50. The monoisotopic (exact) mass is 365 g/mol. The van der Waals surface area contributed by atoms with E-state index in [2.05, 4.69) is 22.6 Å². The first-order chi connectivity index (χ1) is 11.8. The largest absolute Gasteiger partial charge is 0.308 e. The van der Waals surface area contributed by atoms with Gasteiger partial charge in [-0.05, 0) is 44.7 Å². The smallest absolute Gasteiger partial charge is 0.244 e. The number of amides is 1. The summed E-state index contributed by atoms with van der Waals surface area (Å²) in [4.78, 5) is 17.2. The highest BCUT2D eigenvalue weighted by Crippen LogP contribution is 2.33. The van der Waals surface area contributed by atoms with Gasteiger partial charge in [-0.1, -0.05) is 18.2 Å². The number of hydrogen-bond acceptors (Lipinski definition) is 4. The van der Waals surface area contributed by atoms with Gasteiger partial charge in [-0.15, -0.1) is 0 Å². The standard InChI is InChI=1S/C18H27N3O3S/c1-13-12-15-6-4-5-7-17(15)21(13)18(22)14(2)20-10-8-16(9-11-20)19-25(3,23)24/h4-7,13-14,16,19H,8-12H2,1-3H3/t13-,14-/m0/s1. The van der Waals surface area contributed by atoms with Crippen LogP contribution in [0.1, 0.15) is 32.3 Å². The topological polar surface area (TPSA) is 69.7 Å². The molecular weight excluding hydrogens is 338 g/mol. The highest BCUT2D eigenvalue weighted by Gasteiger charge is 2.36. The van der Waals surface area contributed by atoms with Crippen LogP contribution in [0.25, 0.3) is 0 Å². The predicted octanol–water partition coefficient (Wildman–Crippen LogP) is 1.37. The quantitative estimate of drug-likeness (QED) is 0.875. The van der Waals surface area contributed by atoms with Gasteiger partial charge in [0.15, 0.2) is 0 Å². The zero-order valence-corrected chi connectivity index (χ0v) is 15.9. The van der Waals surface area contributed by atoms with Crippen LogP contribution in [-0.4, -0.2) is 56.7 Å². The number of likely N-dealkylation sites (tertiary alicyclic amines) is 1. The summed E-state index contributed by atoms with van der Waals surface area (Å²) >= 11 is 0. The van der Waals surface area contributed by atoms with Gasteiger partial charge < -0.3 is 4.90 Å². The number of anilines is 1. The number of para-hydroxylation sites is 1. The Labute approximate surface area is 150 Å². The van der Waals surface area contributed by atoms with Crippen LogP contribution >= 0.6 is 0 Å². The van der Waals surface area contributed by atoms with E-state index < -0.39 is 10.0 Å². The number of carbonyl (C=O) groups excluding carboxylic acids is 1. The maximum absolute atomic E-state index is 13.1. The lowest BCUT2D eigenvalue weighted by Gasteiger charge is -2.37. The molecular formula is C18H27N3O3S. The molecule has 0 bridgehead atoms. The van der Waals surface area contributed by atoms with Crippen LogP contribution < -0.4 is 9.62 Å². The molecule has 0 radical (unpaired) electrons. The van der Waals surface area contributed by atoms with E-state index in [1.54, 1.807) is 0 Å². The lowest BCUT2D eigenvalue weighted by molar-refractivity contribution is -0.124. The second-order valence-corrected chi connectivity index (χ2v) is 9.05. The average Bonchev–Trinajstić information content (AvgIpc) is 2.88. The minimum absolute atomic E-state index is 0.0278. The van der Waals surface area contributed by atoms with E-state index in [1.165, 1.54) is 11.8 Å². The zero-order chi connectivity index (χ0) is 18.2. The lowest BCUT2D eigenvalue weighted by Crippen LogP contribution is -2.53. The van der Waals surface area contributed by atoms with E-state index in [4.69, 9.17) is 0 Å². The van der Waals surface area contributed by atoms with Crippen LogP contribution in [0, 0.1) is 0 Å². The molecule has 2 atom stereocenters. The number of hydrogen-bond donors (Lipinski definition) is 1. The fourth-order valence-corrected chi connectivity index (χ4v) is 4.81. The fraction of sp³-hybridized carbons (Fsp3) is 0.611. The van der Waals surface area contributed by atoms with Gasteiger partial charge in [-0.3, -0.25) is 9.69 Å². The van der Waals surface area contributed by atoms with Crippen LogP contribution in [0.15, 0.2) is 24.3 Å². The maximum atomic E-state index is 13.1. The molecule has 0 unspecified atom stereocenters. The number of nitrogens with zero attached hydrogens (tertiary/aromatic N) is 2. The van der Waals surface area contributed by atoms with Crippen molar-refractivity contribution in [1.82, 2.24) is 9.62 Å². The Bertz CT molecular complexity index is 742. The number of fused-ring (bicyclic) bond motifs is 1. The molecule has 1 aromatic rings. The van der Waals surface area contributed by atoms with Crippen molar-refractivity contribution in [3.63, 3.8) is 0 Å². The second-order valence-electron chi connectivity index (χ2n) is 7.27. The SMILES string of the molecule is C[C@@H](C(=O)N1c2ccccc2C[C@@H]1C)N1CCC(NS(C)(=O)=O)CC1. The number of rotatable bonds is 4. The Kier molecular flexibility index (Phi) is 5.18. The van der Waals surface area contributed by atoms with Crippen LogP contribution in [0.3, 0.4) is 0 Å². The third-order valence-electron chi connectivity index (χ3n) is 5.26. The predicted molar refractivity (Wildman–Crippen MR) is 99.1 cm³/mol. The first-order valence-corrected chi connectivity index (χ1v) is 10.8. The minimum Gasteiger partial charge on any atom is -0.308 e. The second kappa shape index (κ2) is 7.05. The molecule has 1 N–H and O–H groups in total. The molecule has 1 aromatic carbocycles. The Balaban J connectivity index is 1.64. The molecule has 2 aliphatic rings. The van der Waals surface area contributed by atoms with Gasteiger partial charge in [-0.2, -0.15) is 0 Å². The summed E-state index contributed by atoms with van der Waals surface area (Å²) in [5, 5.41) is 0. The van der Waals surface area contributed by atoms with Gasteiger partial charge in [0.2, 0.25) is 15.9 Å². The van der Waals surface area contributed by atoms with Crippen molar-refractivity contribution in [2.45, 2.75) is 51.2 Å². The number of benzene rings is 1. The van der Waals surface area contributed by atoms with E-state index in [0.29, 0.717) is 0 Å². The molecule has 7 heteroatoms. The number of piperidine rings is 1. The molecule has 25 heavy (non-hydrogen) atoms. The van der Waals surface area contributed by atoms with Gasteiger partial charge in [0.05, 0.1) is 12.3 Å². The Morgan fingerprint density at radius 1 is 1.24 bits per heavy atom. The maximum Gasteiger partial charge on any atom is 0.244 e. The van der Waals surface area contributed by atoms with E-state index >= 15 is 0 Å². The van der Waals surface area contributed by atoms with Gasteiger partial charge in [0, 0.05) is 30.9 Å². The number of carbonyl (C=O) groups is 1. The Morgan fingerprint density at radius 3 is 2.52 bits per heavy atom. The van der Waals surface area contributed by atoms with Crippen molar-refractivity contribution in [2.75, 3.05) is 24.2 Å². The van der Waals surface area contributed by atoms with Crippen molar-refractivity contribution in [3.05, 3.63) is 29.8 Å².